The summed E-state index contributed by atoms with van der Waals surface area (Å²) in [5.41, 5.74) is 2.17. The Labute approximate surface area is 121 Å². The largest absolute Gasteiger partial charge is 0.388 e. The van der Waals surface area contributed by atoms with Crippen molar-refractivity contribution in [1.29, 1.82) is 0 Å². The molecule has 0 aromatic rings. The SMILES string of the molecule is CC(C)(O)C(N)(C(C)(C)O)C(N)(C(C)(C)O)C(C)(C)O. The molecule has 0 aromatic heterocycles. The van der Waals surface area contributed by atoms with Crippen molar-refractivity contribution in [2.45, 2.75) is 88.9 Å². The molecule has 8 N–H and O–H groups in total. The van der Waals surface area contributed by atoms with Crippen LogP contribution < -0.4 is 11.5 Å². The predicted octanol–water partition coefficient (Wildman–Crippen LogP) is -0.535. The lowest BCUT2D eigenvalue weighted by Crippen LogP contribution is -2.92. The molecule has 0 rings (SSSR count). The molecule has 0 aliphatic heterocycles. The van der Waals surface area contributed by atoms with E-state index in [9.17, 15) is 20.4 Å². The fourth-order valence-electron chi connectivity index (χ4n) is 3.43. The molecule has 0 bridgehead atoms. The molecule has 0 spiro atoms. The third kappa shape index (κ3) is 2.49. The first-order valence-electron chi connectivity index (χ1n) is 6.72. The van der Waals surface area contributed by atoms with Gasteiger partial charge >= 0.3 is 0 Å². The Morgan fingerprint density at radius 2 is 0.550 bits per heavy atom. The maximum absolute atomic E-state index is 10.5. The highest BCUT2D eigenvalue weighted by atomic mass is 16.3. The van der Waals surface area contributed by atoms with Crippen molar-refractivity contribution in [2.24, 2.45) is 11.5 Å². The molecular formula is C14H32N2O4. The third-order valence-electron chi connectivity index (χ3n) is 4.48. The molecule has 0 aliphatic carbocycles. The summed E-state index contributed by atoms with van der Waals surface area (Å²) in [6.07, 6.45) is 0. The molecule has 0 aliphatic rings. The molecule has 0 saturated carbocycles. The summed E-state index contributed by atoms with van der Waals surface area (Å²) < 4.78 is 0. The van der Waals surface area contributed by atoms with E-state index in [1.54, 1.807) is 0 Å². The Kier molecular flexibility index (Phi) is 4.57. The summed E-state index contributed by atoms with van der Waals surface area (Å²) in [5, 5.41) is 42.2. The van der Waals surface area contributed by atoms with Gasteiger partial charge in [0.25, 0.3) is 0 Å². The third-order valence-corrected chi connectivity index (χ3v) is 4.48. The minimum atomic E-state index is -1.91. The van der Waals surface area contributed by atoms with Gasteiger partial charge in [0.1, 0.15) is 0 Å². The van der Waals surface area contributed by atoms with Gasteiger partial charge in [0.05, 0.1) is 33.5 Å². The smallest absolute Gasteiger partial charge is 0.0964 e. The summed E-state index contributed by atoms with van der Waals surface area (Å²) in [4.78, 5) is 0. The van der Waals surface area contributed by atoms with Crippen LogP contribution in [0.1, 0.15) is 55.4 Å². The normalized spacial score (nSPS) is 16.5. The lowest BCUT2D eigenvalue weighted by molar-refractivity contribution is -0.229. The van der Waals surface area contributed by atoms with E-state index in [-0.39, 0.29) is 0 Å². The highest BCUT2D eigenvalue weighted by Crippen LogP contribution is 2.48. The molecule has 0 atom stereocenters. The Morgan fingerprint density at radius 1 is 0.450 bits per heavy atom. The number of aliphatic hydroxyl groups is 4. The van der Waals surface area contributed by atoms with Gasteiger partial charge in [-0.3, -0.25) is 0 Å². The Balaban J connectivity index is 6.71. The zero-order valence-corrected chi connectivity index (χ0v) is 13.9. The van der Waals surface area contributed by atoms with Crippen LogP contribution >= 0.6 is 0 Å². The standard InChI is InChI=1S/C14H32N2O4/c1-9(2,17)13(15,10(3,4)18)14(16,11(5,6)19)12(7,8)20/h17-20H,15-16H2,1-8H3. The quantitative estimate of drug-likeness (QED) is 0.403. The highest BCUT2D eigenvalue weighted by molar-refractivity contribution is 5.30. The van der Waals surface area contributed by atoms with Crippen LogP contribution in [0.3, 0.4) is 0 Å². The highest BCUT2D eigenvalue weighted by Gasteiger charge is 2.71. The molecule has 6 heteroatoms. The van der Waals surface area contributed by atoms with Gasteiger partial charge in [-0.1, -0.05) is 0 Å². The van der Waals surface area contributed by atoms with E-state index in [1.165, 1.54) is 55.4 Å². The lowest BCUT2D eigenvalue weighted by Gasteiger charge is -2.65. The van der Waals surface area contributed by atoms with Crippen molar-refractivity contribution < 1.29 is 20.4 Å². The molecule has 122 valence electrons. The molecule has 0 radical (unpaired) electrons. The first-order chi connectivity index (χ1) is 8.25. The zero-order valence-electron chi connectivity index (χ0n) is 13.9. The summed E-state index contributed by atoms with van der Waals surface area (Å²) in [6.45, 7) is 11.1. The van der Waals surface area contributed by atoms with Crippen molar-refractivity contribution in [3.05, 3.63) is 0 Å². The van der Waals surface area contributed by atoms with Crippen molar-refractivity contribution in [2.75, 3.05) is 0 Å². The van der Waals surface area contributed by atoms with E-state index in [1.807, 2.05) is 0 Å². The van der Waals surface area contributed by atoms with E-state index in [0.717, 1.165) is 0 Å². The monoisotopic (exact) mass is 292 g/mol. The second kappa shape index (κ2) is 4.63. The lowest BCUT2D eigenvalue weighted by atomic mass is 9.51. The molecule has 20 heavy (non-hydrogen) atoms. The van der Waals surface area contributed by atoms with Gasteiger partial charge in [0.2, 0.25) is 0 Å². The number of rotatable bonds is 5. The average Bonchev–Trinajstić information content (AvgIpc) is 2.07. The van der Waals surface area contributed by atoms with Gasteiger partial charge < -0.3 is 31.9 Å². The Bertz CT molecular complexity index is 289. The zero-order chi connectivity index (χ0) is 17.0. The first kappa shape index (κ1) is 19.8. The van der Waals surface area contributed by atoms with Crippen molar-refractivity contribution >= 4 is 0 Å². The molecule has 0 fully saturated rings. The molecule has 0 saturated heterocycles. The van der Waals surface area contributed by atoms with Crippen LogP contribution in [0, 0.1) is 0 Å². The fourth-order valence-corrected chi connectivity index (χ4v) is 3.43. The van der Waals surface area contributed by atoms with Crippen molar-refractivity contribution in [3.8, 4) is 0 Å². The average molecular weight is 292 g/mol. The van der Waals surface area contributed by atoms with Crippen LogP contribution in [-0.4, -0.2) is 53.9 Å². The maximum atomic E-state index is 10.5. The van der Waals surface area contributed by atoms with Crippen LogP contribution in [0.5, 0.6) is 0 Å². The first-order valence-corrected chi connectivity index (χ1v) is 6.72. The molecule has 6 nitrogen and oxygen atoms in total. The van der Waals surface area contributed by atoms with Crippen LogP contribution in [-0.2, 0) is 0 Å². The molecule has 0 unspecified atom stereocenters. The van der Waals surface area contributed by atoms with Crippen LogP contribution in [0.2, 0.25) is 0 Å². The molecular weight excluding hydrogens is 260 g/mol. The maximum Gasteiger partial charge on any atom is 0.0964 e. The van der Waals surface area contributed by atoms with E-state index in [4.69, 9.17) is 11.5 Å². The van der Waals surface area contributed by atoms with Crippen LogP contribution in [0.15, 0.2) is 0 Å². The van der Waals surface area contributed by atoms with Crippen molar-refractivity contribution in [3.63, 3.8) is 0 Å². The second-order valence-corrected chi connectivity index (χ2v) is 7.85. The molecule has 0 heterocycles. The summed E-state index contributed by atoms with van der Waals surface area (Å²) >= 11 is 0. The summed E-state index contributed by atoms with van der Waals surface area (Å²) in [7, 11) is 0. The number of hydrogen-bond acceptors (Lipinski definition) is 6. The number of nitrogens with two attached hydrogens (primary N) is 2. The summed E-state index contributed by atoms with van der Waals surface area (Å²) in [5.74, 6) is 0. The Morgan fingerprint density at radius 3 is 0.600 bits per heavy atom. The van der Waals surface area contributed by atoms with Gasteiger partial charge in [-0.15, -0.1) is 0 Å². The van der Waals surface area contributed by atoms with Crippen molar-refractivity contribution in [1.82, 2.24) is 0 Å². The van der Waals surface area contributed by atoms with Gasteiger partial charge in [0.15, 0.2) is 0 Å². The molecule has 0 amide bonds. The minimum Gasteiger partial charge on any atom is -0.388 e. The fraction of sp³-hybridized carbons (Fsp3) is 1.00. The second-order valence-electron chi connectivity index (χ2n) is 7.85. The Hall–Kier alpha value is -0.240. The van der Waals surface area contributed by atoms with Gasteiger partial charge in [0, 0.05) is 0 Å². The van der Waals surface area contributed by atoms with Crippen LogP contribution in [0.25, 0.3) is 0 Å². The van der Waals surface area contributed by atoms with E-state index < -0.39 is 33.5 Å². The minimum absolute atomic E-state index is 1.39. The van der Waals surface area contributed by atoms with E-state index in [2.05, 4.69) is 0 Å². The van der Waals surface area contributed by atoms with E-state index in [0.29, 0.717) is 0 Å². The van der Waals surface area contributed by atoms with E-state index >= 15 is 0 Å². The number of hydrogen-bond donors (Lipinski definition) is 6. The van der Waals surface area contributed by atoms with Crippen LogP contribution in [0.4, 0.5) is 0 Å². The topological polar surface area (TPSA) is 133 Å². The van der Waals surface area contributed by atoms with Gasteiger partial charge in [-0.05, 0) is 55.4 Å². The predicted molar refractivity (Wildman–Crippen MR) is 79.0 cm³/mol. The van der Waals surface area contributed by atoms with Gasteiger partial charge in [-0.2, -0.15) is 0 Å². The van der Waals surface area contributed by atoms with Gasteiger partial charge in [-0.25, -0.2) is 0 Å². The summed E-state index contributed by atoms with van der Waals surface area (Å²) in [6, 6.07) is 0. The molecule has 0 aromatic carbocycles.